The van der Waals surface area contributed by atoms with Gasteiger partial charge in [-0.1, -0.05) is 22.9 Å². The first-order valence-electron chi connectivity index (χ1n) is 6.08. The van der Waals surface area contributed by atoms with Crippen LogP contribution in [0.2, 0.25) is 0 Å². The first-order chi connectivity index (χ1) is 8.58. The van der Waals surface area contributed by atoms with Gasteiger partial charge in [-0.2, -0.15) is 0 Å². The van der Waals surface area contributed by atoms with Crippen LogP contribution in [0, 0.1) is 5.92 Å². The Morgan fingerprint density at radius 2 is 2.33 bits per heavy atom. The van der Waals surface area contributed by atoms with Crippen LogP contribution in [0.1, 0.15) is 23.7 Å². The zero-order chi connectivity index (χ0) is 13.1. The molecule has 1 fully saturated rings. The first-order valence-corrected chi connectivity index (χ1v) is 6.87. The largest absolute Gasteiger partial charge is 0.507 e. The molecule has 18 heavy (non-hydrogen) atoms. The second kappa shape index (κ2) is 5.71. The zero-order valence-corrected chi connectivity index (χ0v) is 11.8. The first kappa shape index (κ1) is 13.4. The fraction of sp³-hybridized carbons (Fsp3) is 0.462. The quantitative estimate of drug-likeness (QED) is 0.781. The van der Waals surface area contributed by atoms with Gasteiger partial charge in [-0.05, 0) is 43.6 Å². The van der Waals surface area contributed by atoms with Crippen LogP contribution in [-0.4, -0.2) is 30.1 Å². The van der Waals surface area contributed by atoms with Gasteiger partial charge in [0.25, 0.3) is 5.91 Å². The number of phenolic OH excluding ortho intramolecular Hbond substituents is 1. The van der Waals surface area contributed by atoms with Gasteiger partial charge in [-0.15, -0.1) is 0 Å². The molecule has 1 aromatic rings. The van der Waals surface area contributed by atoms with Crippen molar-refractivity contribution in [2.75, 3.05) is 13.1 Å². The summed E-state index contributed by atoms with van der Waals surface area (Å²) in [6.07, 6.45) is 0.921. The molecule has 1 heterocycles. The summed E-state index contributed by atoms with van der Waals surface area (Å²) in [6, 6.07) is 5.07. The van der Waals surface area contributed by atoms with Crippen molar-refractivity contribution in [2.45, 2.75) is 19.4 Å². The molecule has 2 unspecified atom stereocenters. The highest BCUT2D eigenvalue weighted by atomic mass is 79.9. The van der Waals surface area contributed by atoms with Crippen LogP contribution >= 0.6 is 15.9 Å². The van der Waals surface area contributed by atoms with Crippen molar-refractivity contribution in [3.63, 3.8) is 0 Å². The molecule has 5 heteroatoms. The highest BCUT2D eigenvalue weighted by molar-refractivity contribution is 9.10. The van der Waals surface area contributed by atoms with E-state index in [2.05, 4.69) is 33.5 Å². The fourth-order valence-corrected chi connectivity index (χ4v) is 2.52. The van der Waals surface area contributed by atoms with Gasteiger partial charge in [0.15, 0.2) is 0 Å². The van der Waals surface area contributed by atoms with Gasteiger partial charge in [0, 0.05) is 10.5 Å². The Kier molecular flexibility index (Phi) is 4.24. The molecule has 1 saturated heterocycles. The van der Waals surface area contributed by atoms with Crippen molar-refractivity contribution in [2.24, 2.45) is 5.92 Å². The van der Waals surface area contributed by atoms with Crippen LogP contribution in [0.4, 0.5) is 0 Å². The Morgan fingerprint density at radius 3 is 3.00 bits per heavy atom. The Morgan fingerprint density at radius 1 is 1.56 bits per heavy atom. The van der Waals surface area contributed by atoms with Gasteiger partial charge < -0.3 is 15.7 Å². The van der Waals surface area contributed by atoms with Crippen LogP contribution in [-0.2, 0) is 0 Å². The molecule has 0 aromatic heterocycles. The number of halogens is 1. The van der Waals surface area contributed by atoms with Crippen LogP contribution in [0.5, 0.6) is 5.75 Å². The molecule has 0 bridgehead atoms. The number of phenols is 1. The van der Waals surface area contributed by atoms with Crippen molar-refractivity contribution in [1.29, 1.82) is 0 Å². The number of rotatable bonds is 2. The highest BCUT2D eigenvalue weighted by Gasteiger charge is 2.23. The number of hydrogen-bond donors (Lipinski definition) is 3. The average Bonchev–Trinajstić information content (AvgIpc) is 2.32. The monoisotopic (exact) mass is 312 g/mol. The SMILES string of the molecule is CC1CNCCC1NC(=O)c1ccc(Br)cc1O. The predicted octanol–water partition coefficient (Wildman–Crippen LogP) is 1.88. The fourth-order valence-electron chi connectivity index (χ4n) is 2.17. The smallest absolute Gasteiger partial charge is 0.255 e. The molecule has 0 radical (unpaired) electrons. The maximum atomic E-state index is 12.1. The van der Waals surface area contributed by atoms with Crippen LogP contribution in [0.15, 0.2) is 22.7 Å². The topological polar surface area (TPSA) is 61.4 Å². The lowest BCUT2D eigenvalue weighted by Gasteiger charge is -2.30. The third-order valence-electron chi connectivity index (χ3n) is 3.31. The Bertz CT molecular complexity index is 451. The summed E-state index contributed by atoms with van der Waals surface area (Å²) < 4.78 is 0.756. The number of amides is 1. The second-order valence-electron chi connectivity index (χ2n) is 4.71. The lowest BCUT2D eigenvalue weighted by Crippen LogP contribution is -2.48. The molecule has 3 N–H and O–H groups in total. The van der Waals surface area contributed by atoms with Gasteiger partial charge in [0.1, 0.15) is 5.75 Å². The van der Waals surface area contributed by atoms with E-state index >= 15 is 0 Å². The third kappa shape index (κ3) is 3.03. The van der Waals surface area contributed by atoms with Gasteiger partial charge in [-0.3, -0.25) is 4.79 Å². The number of piperidine rings is 1. The predicted molar refractivity (Wildman–Crippen MR) is 73.7 cm³/mol. The summed E-state index contributed by atoms with van der Waals surface area (Å²) in [4.78, 5) is 12.1. The molecule has 1 aliphatic heterocycles. The van der Waals surface area contributed by atoms with Crippen LogP contribution in [0.3, 0.4) is 0 Å². The number of aromatic hydroxyl groups is 1. The maximum Gasteiger partial charge on any atom is 0.255 e. The molecular formula is C13H17BrN2O2. The minimum absolute atomic E-state index is 0.00321. The van der Waals surface area contributed by atoms with E-state index in [0.717, 1.165) is 24.0 Å². The normalized spacial score (nSPS) is 23.7. The molecule has 1 aliphatic rings. The van der Waals surface area contributed by atoms with Gasteiger partial charge in [0.2, 0.25) is 0 Å². The molecule has 0 aliphatic carbocycles. The van der Waals surface area contributed by atoms with E-state index in [1.54, 1.807) is 12.1 Å². The summed E-state index contributed by atoms with van der Waals surface area (Å²) in [5.41, 5.74) is 0.323. The van der Waals surface area contributed by atoms with E-state index in [0.29, 0.717) is 11.5 Å². The number of carbonyl (C=O) groups is 1. The van der Waals surface area contributed by atoms with Gasteiger partial charge in [-0.25, -0.2) is 0 Å². The summed E-state index contributed by atoms with van der Waals surface area (Å²) in [7, 11) is 0. The molecule has 2 atom stereocenters. The van der Waals surface area contributed by atoms with E-state index in [-0.39, 0.29) is 17.7 Å². The number of benzene rings is 1. The molecule has 98 valence electrons. The van der Waals surface area contributed by atoms with E-state index in [1.165, 1.54) is 6.07 Å². The van der Waals surface area contributed by atoms with E-state index in [1.807, 2.05) is 0 Å². The van der Waals surface area contributed by atoms with Crippen molar-refractivity contribution in [3.8, 4) is 5.75 Å². The van der Waals surface area contributed by atoms with Gasteiger partial charge >= 0.3 is 0 Å². The molecule has 0 spiro atoms. The van der Waals surface area contributed by atoms with E-state index < -0.39 is 0 Å². The third-order valence-corrected chi connectivity index (χ3v) is 3.80. The van der Waals surface area contributed by atoms with E-state index in [4.69, 9.17) is 0 Å². The lowest BCUT2D eigenvalue weighted by molar-refractivity contribution is 0.0911. The molecule has 4 nitrogen and oxygen atoms in total. The molecule has 1 amide bonds. The van der Waals surface area contributed by atoms with Crippen molar-refractivity contribution >= 4 is 21.8 Å². The zero-order valence-electron chi connectivity index (χ0n) is 10.2. The standard InChI is InChI=1S/C13H17BrN2O2/c1-8-7-15-5-4-11(8)16-13(18)10-3-2-9(14)6-12(10)17/h2-3,6,8,11,15,17H,4-5,7H2,1H3,(H,16,18). The van der Waals surface area contributed by atoms with Crippen molar-refractivity contribution in [1.82, 2.24) is 10.6 Å². The van der Waals surface area contributed by atoms with Crippen molar-refractivity contribution < 1.29 is 9.90 Å². The van der Waals surface area contributed by atoms with Crippen molar-refractivity contribution in [3.05, 3.63) is 28.2 Å². The summed E-state index contributed by atoms with van der Waals surface area (Å²) >= 11 is 3.25. The highest BCUT2D eigenvalue weighted by Crippen LogP contribution is 2.22. The average molecular weight is 313 g/mol. The number of nitrogens with one attached hydrogen (secondary N) is 2. The summed E-state index contributed by atoms with van der Waals surface area (Å²) in [5, 5.41) is 16.0. The minimum atomic E-state index is -0.209. The number of carbonyl (C=O) groups excluding carboxylic acids is 1. The molecule has 2 rings (SSSR count). The summed E-state index contributed by atoms with van der Waals surface area (Å²) in [5.74, 6) is 0.197. The molecule has 0 saturated carbocycles. The Hall–Kier alpha value is -1.07. The second-order valence-corrected chi connectivity index (χ2v) is 5.63. The Balaban J connectivity index is 2.07. The molecule has 1 aromatic carbocycles. The van der Waals surface area contributed by atoms with E-state index in [9.17, 15) is 9.90 Å². The summed E-state index contributed by atoms with van der Waals surface area (Å²) in [6.45, 7) is 3.94. The Labute approximate surface area is 115 Å². The lowest BCUT2D eigenvalue weighted by atomic mass is 9.95. The van der Waals surface area contributed by atoms with Crippen LogP contribution in [0.25, 0.3) is 0 Å². The van der Waals surface area contributed by atoms with Crippen LogP contribution < -0.4 is 10.6 Å². The van der Waals surface area contributed by atoms with Gasteiger partial charge in [0.05, 0.1) is 5.56 Å². The maximum absolute atomic E-state index is 12.1. The minimum Gasteiger partial charge on any atom is -0.507 e. The molecular weight excluding hydrogens is 296 g/mol. The number of hydrogen-bond acceptors (Lipinski definition) is 3.